The van der Waals surface area contributed by atoms with Crippen LogP contribution in [0.15, 0.2) is 11.6 Å². The van der Waals surface area contributed by atoms with Crippen molar-refractivity contribution in [2.24, 2.45) is 0 Å². The highest BCUT2D eigenvalue weighted by molar-refractivity contribution is 5.87. The molecule has 0 bridgehead atoms. The largest absolute Gasteiger partial charge is 0.466 e. The van der Waals surface area contributed by atoms with Crippen LogP contribution in [0.5, 0.6) is 0 Å². The van der Waals surface area contributed by atoms with Gasteiger partial charge in [-0.05, 0) is 13.8 Å². The molecule has 1 radical (unpaired) electrons. The standard InChI is InChI=1S/C6H9O2/c1-4-5(2)6(7)8-3/h4H,1H2,2-3H3. The number of hydrogen-bond acceptors (Lipinski definition) is 2. The molecule has 0 rings (SSSR count). The van der Waals surface area contributed by atoms with Gasteiger partial charge >= 0.3 is 5.97 Å². The minimum Gasteiger partial charge on any atom is -0.466 e. The molecule has 0 amide bonds. The summed E-state index contributed by atoms with van der Waals surface area (Å²) in [4.78, 5) is 10.4. The fourth-order valence-electron chi connectivity index (χ4n) is 0.244. The van der Waals surface area contributed by atoms with Gasteiger partial charge in [0.05, 0.1) is 7.11 Å². The van der Waals surface area contributed by atoms with Crippen LogP contribution in [0.3, 0.4) is 0 Å². The van der Waals surface area contributed by atoms with Crippen LogP contribution in [0.25, 0.3) is 0 Å². The molecule has 0 aliphatic heterocycles. The van der Waals surface area contributed by atoms with Gasteiger partial charge in [-0.1, -0.05) is 6.08 Å². The topological polar surface area (TPSA) is 26.3 Å². The average Bonchev–Trinajstić information content (AvgIpc) is 1.84. The van der Waals surface area contributed by atoms with E-state index in [1.54, 1.807) is 6.92 Å². The zero-order valence-corrected chi connectivity index (χ0v) is 5.10. The Morgan fingerprint density at radius 2 is 2.25 bits per heavy atom. The van der Waals surface area contributed by atoms with E-state index in [-0.39, 0.29) is 5.97 Å². The second-order valence-electron chi connectivity index (χ2n) is 1.38. The molecule has 0 heterocycles. The summed E-state index contributed by atoms with van der Waals surface area (Å²) in [6, 6.07) is 0. The lowest BCUT2D eigenvalue weighted by atomic mass is 10.3. The van der Waals surface area contributed by atoms with Crippen LogP contribution < -0.4 is 0 Å². The molecule has 0 saturated carbocycles. The molecule has 0 spiro atoms. The Kier molecular flexibility index (Phi) is 2.92. The number of hydrogen-bond donors (Lipinski definition) is 0. The fraction of sp³-hybridized carbons (Fsp3) is 0.333. The van der Waals surface area contributed by atoms with Crippen molar-refractivity contribution in [3.8, 4) is 0 Å². The van der Waals surface area contributed by atoms with Gasteiger partial charge in [-0.2, -0.15) is 0 Å². The van der Waals surface area contributed by atoms with Crippen LogP contribution in [-0.4, -0.2) is 13.1 Å². The molecule has 0 aromatic carbocycles. The monoisotopic (exact) mass is 113 g/mol. The van der Waals surface area contributed by atoms with Crippen LogP contribution in [0.4, 0.5) is 0 Å². The molecule has 8 heavy (non-hydrogen) atoms. The summed E-state index contributed by atoms with van der Waals surface area (Å²) >= 11 is 0. The Hall–Kier alpha value is -0.790. The molecule has 0 atom stereocenters. The molecule has 0 fully saturated rings. The highest BCUT2D eigenvalue weighted by Crippen LogP contribution is 1.92. The summed E-state index contributed by atoms with van der Waals surface area (Å²) in [6.45, 7) is 5.04. The lowest BCUT2D eigenvalue weighted by Gasteiger charge is -1.93. The first kappa shape index (κ1) is 7.21. The van der Waals surface area contributed by atoms with Gasteiger partial charge < -0.3 is 4.74 Å². The van der Waals surface area contributed by atoms with E-state index in [1.807, 2.05) is 0 Å². The third kappa shape index (κ3) is 1.78. The van der Waals surface area contributed by atoms with Crippen molar-refractivity contribution < 1.29 is 9.53 Å². The van der Waals surface area contributed by atoms with Gasteiger partial charge in [0.1, 0.15) is 0 Å². The molecular weight excluding hydrogens is 104 g/mol. The second-order valence-corrected chi connectivity index (χ2v) is 1.38. The van der Waals surface area contributed by atoms with Crippen LogP contribution in [0, 0.1) is 6.92 Å². The first-order valence-corrected chi connectivity index (χ1v) is 2.26. The van der Waals surface area contributed by atoms with Crippen LogP contribution in [-0.2, 0) is 9.53 Å². The molecule has 0 aliphatic rings. The summed E-state index contributed by atoms with van der Waals surface area (Å²) in [6.07, 6.45) is 1.46. The Morgan fingerprint density at radius 3 is 2.38 bits per heavy atom. The first-order valence-electron chi connectivity index (χ1n) is 2.26. The molecule has 0 aromatic rings. The molecular formula is C6H9O2. The van der Waals surface area contributed by atoms with E-state index >= 15 is 0 Å². The maximum absolute atomic E-state index is 10.4. The van der Waals surface area contributed by atoms with E-state index in [9.17, 15) is 4.79 Å². The second kappa shape index (κ2) is 3.24. The molecule has 0 aromatic heterocycles. The first-order chi connectivity index (χ1) is 3.72. The van der Waals surface area contributed by atoms with Gasteiger partial charge in [-0.15, -0.1) is 0 Å². The number of carbonyl (C=O) groups excluding carboxylic acids is 1. The van der Waals surface area contributed by atoms with Crippen LogP contribution >= 0.6 is 0 Å². The lowest BCUT2D eigenvalue weighted by Crippen LogP contribution is -2.00. The van der Waals surface area contributed by atoms with Gasteiger partial charge in [0, 0.05) is 5.57 Å². The van der Waals surface area contributed by atoms with Crippen molar-refractivity contribution in [1.82, 2.24) is 0 Å². The quantitative estimate of drug-likeness (QED) is 0.373. The fourth-order valence-corrected chi connectivity index (χ4v) is 0.244. The highest BCUT2D eigenvalue weighted by Gasteiger charge is 1.98. The van der Waals surface area contributed by atoms with Crippen LogP contribution in [0.1, 0.15) is 6.92 Å². The van der Waals surface area contributed by atoms with E-state index in [2.05, 4.69) is 11.7 Å². The van der Waals surface area contributed by atoms with Gasteiger partial charge in [0.15, 0.2) is 0 Å². The lowest BCUT2D eigenvalue weighted by molar-refractivity contribution is -0.136. The third-order valence-corrected chi connectivity index (χ3v) is 0.814. The Balaban J connectivity index is 3.83. The Bertz CT molecular complexity index is 114. The van der Waals surface area contributed by atoms with Crippen molar-refractivity contribution in [3.05, 3.63) is 18.6 Å². The van der Waals surface area contributed by atoms with E-state index in [1.165, 1.54) is 13.2 Å². The summed E-state index contributed by atoms with van der Waals surface area (Å²) in [5.74, 6) is -0.319. The normalized spacial score (nSPS) is 11.1. The van der Waals surface area contributed by atoms with E-state index in [4.69, 9.17) is 0 Å². The van der Waals surface area contributed by atoms with Crippen molar-refractivity contribution in [2.45, 2.75) is 6.92 Å². The molecule has 0 N–H and O–H groups in total. The maximum atomic E-state index is 10.4. The minimum absolute atomic E-state index is 0.319. The molecule has 0 aliphatic carbocycles. The maximum Gasteiger partial charge on any atom is 0.333 e. The molecule has 2 heteroatoms. The molecule has 45 valence electrons. The Labute approximate surface area is 49.1 Å². The van der Waals surface area contributed by atoms with E-state index in [0.29, 0.717) is 5.57 Å². The van der Waals surface area contributed by atoms with Gasteiger partial charge in [0.2, 0.25) is 0 Å². The van der Waals surface area contributed by atoms with E-state index < -0.39 is 0 Å². The van der Waals surface area contributed by atoms with Crippen LogP contribution in [0.2, 0.25) is 0 Å². The van der Waals surface area contributed by atoms with Gasteiger partial charge in [0.25, 0.3) is 0 Å². The number of ether oxygens (including phenoxy) is 1. The number of methoxy groups -OCH3 is 1. The summed E-state index contributed by atoms with van der Waals surface area (Å²) in [5, 5.41) is 0. The van der Waals surface area contributed by atoms with Gasteiger partial charge in [-0.25, -0.2) is 4.79 Å². The highest BCUT2D eigenvalue weighted by atomic mass is 16.5. The molecule has 0 saturated heterocycles. The predicted octanol–water partition coefficient (Wildman–Crippen LogP) is 0.940. The van der Waals surface area contributed by atoms with Crippen molar-refractivity contribution in [1.29, 1.82) is 0 Å². The number of rotatable bonds is 1. The van der Waals surface area contributed by atoms with Gasteiger partial charge in [-0.3, -0.25) is 0 Å². The number of carbonyl (C=O) groups is 1. The van der Waals surface area contributed by atoms with Crippen molar-refractivity contribution in [2.75, 3.05) is 7.11 Å². The smallest absolute Gasteiger partial charge is 0.333 e. The zero-order valence-electron chi connectivity index (χ0n) is 5.10. The summed E-state index contributed by atoms with van der Waals surface area (Å²) in [7, 11) is 1.34. The average molecular weight is 113 g/mol. The van der Waals surface area contributed by atoms with Crippen molar-refractivity contribution in [3.63, 3.8) is 0 Å². The zero-order chi connectivity index (χ0) is 6.57. The number of esters is 1. The minimum atomic E-state index is -0.319. The third-order valence-electron chi connectivity index (χ3n) is 0.814. The number of allylic oxidation sites excluding steroid dienone is 1. The molecule has 0 unspecified atom stereocenters. The molecule has 2 nitrogen and oxygen atoms in total. The summed E-state index contributed by atoms with van der Waals surface area (Å²) in [5.41, 5.74) is 0.535. The summed E-state index contributed by atoms with van der Waals surface area (Å²) < 4.78 is 4.36. The SMILES string of the molecule is [CH2]C=C(C)C(=O)OC. The van der Waals surface area contributed by atoms with E-state index in [0.717, 1.165) is 0 Å². The Morgan fingerprint density at radius 1 is 1.75 bits per heavy atom. The van der Waals surface area contributed by atoms with Crippen molar-refractivity contribution >= 4 is 5.97 Å². The predicted molar refractivity (Wildman–Crippen MR) is 31.1 cm³/mol.